The fourth-order valence-corrected chi connectivity index (χ4v) is 2.71. The summed E-state index contributed by atoms with van der Waals surface area (Å²) in [5.74, 6) is 0.0250. The Bertz CT molecular complexity index is 896. The van der Waals surface area contributed by atoms with E-state index in [-0.39, 0.29) is 18.3 Å². The highest BCUT2D eigenvalue weighted by Crippen LogP contribution is 2.24. The molecule has 0 unspecified atom stereocenters. The highest BCUT2D eigenvalue weighted by molar-refractivity contribution is 7.18. The molecule has 0 aliphatic rings. The third kappa shape index (κ3) is 4.45. The molecule has 3 aromatic rings. The van der Waals surface area contributed by atoms with Crippen LogP contribution in [0.4, 0.5) is 5.13 Å². The lowest BCUT2D eigenvalue weighted by atomic mass is 10.1. The molecule has 2 heterocycles. The van der Waals surface area contributed by atoms with Gasteiger partial charge in [-0.25, -0.2) is 0 Å². The summed E-state index contributed by atoms with van der Waals surface area (Å²) in [7, 11) is 0. The third-order valence-electron chi connectivity index (χ3n) is 3.17. The first kappa shape index (κ1) is 16.7. The van der Waals surface area contributed by atoms with Crippen LogP contribution in [-0.2, 0) is 4.79 Å². The highest BCUT2D eigenvalue weighted by Gasteiger charge is 2.11. The lowest BCUT2D eigenvalue weighted by molar-refractivity contribution is -0.118. The number of amides is 1. The van der Waals surface area contributed by atoms with Crippen molar-refractivity contribution >= 4 is 28.2 Å². The van der Waals surface area contributed by atoms with Crippen molar-refractivity contribution < 1.29 is 14.3 Å². The molecule has 1 amide bonds. The Morgan fingerprint density at radius 2 is 2.04 bits per heavy atom. The molecule has 0 aliphatic carbocycles. The number of nitrogens with one attached hydrogen (secondary N) is 1. The lowest BCUT2D eigenvalue weighted by Gasteiger charge is -2.06. The topological polar surface area (TPSA) is 94.1 Å². The second-order valence-corrected chi connectivity index (χ2v) is 6.03. The molecule has 7 nitrogen and oxygen atoms in total. The van der Waals surface area contributed by atoms with E-state index in [0.717, 1.165) is 0 Å². The van der Waals surface area contributed by atoms with Gasteiger partial charge in [-0.3, -0.25) is 19.9 Å². The standard InChI is InChI=1S/C17H14N4O3S/c1-11(22)12-5-4-6-13(9-12)24-10-15(23)19-17-21-20-16(25-17)14-7-2-3-8-18-14/h2-9H,10H2,1H3,(H,19,21,23). The maximum absolute atomic E-state index is 12.0. The Balaban J connectivity index is 1.57. The number of aromatic nitrogens is 3. The normalized spacial score (nSPS) is 10.3. The predicted molar refractivity (Wildman–Crippen MR) is 93.7 cm³/mol. The number of rotatable bonds is 6. The monoisotopic (exact) mass is 354 g/mol. The van der Waals surface area contributed by atoms with Crippen LogP contribution >= 0.6 is 11.3 Å². The number of Topliss-reactive ketones (excluding diaryl/α,β-unsaturated/α-hetero) is 1. The van der Waals surface area contributed by atoms with Gasteiger partial charge in [0, 0.05) is 11.8 Å². The number of hydrogen-bond donors (Lipinski definition) is 1. The molecule has 0 fully saturated rings. The number of benzene rings is 1. The number of ether oxygens (including phenoxy) is 1. The molecule has 0 aliphatic heterocycles. The van der Waals surface area contributed by atoms with Gasteiger partial charge in [-0.05, 0) is 31.2 Å². The summed E-state index contributed by atoms with van der Waals surface area (Å²) in [5, 5.41) is 11.5. The maximum Gasteiger partial charge on any atom is 0.264 e. The molecule has 0 saturated carbocycles. The molecule has 3 rings (SSSR count). The Morgan fingerprint density at radius 1 is 1.16 bits per heavy atom. The molecular formula is C17H14N4O3S. The molecule has 8 heteroatoms. The van der Waals surface area contributed by atoms with Crippen LogP contribution in [0.15, 0.2) is 48.7 Å². The van der Waals surface area contributed by atoms with Crippen LogP contribution < -0.4 is 10.1 Å². The SMILES string of the molecule is CC(=O)c1cccc(OCC(=O)Nc2nnc(-c3ccccn3)s2)c1. The summed E-state index contributed by atoms with van der Waals surface area (Å²) in [6, 6.07) is 12.2. The molecule has 0 radical (unpaired) electrons. The number of hydrogen-bond acceptors (Lipinski definition) is 7. The molecule has 1 N–H and O–H groups in total. The van der Waals surface area contributed by atoms with Crippen LogP contribution in [0, 0.1) is 0 Å². The fraction of sp³-hybridized carbons (Fsp3) is 0.118. The fourth-order valence-electron chi connectivity index (χ4n) is 1.98. The van der Waals surface area contributed by atoms with Crippen LogP contribution in [0.25, 0.3) is 10.7 Å². The molecule has 2 aromatic heterocycles. The van der Waals surface area contributed by atoms with E-state index in [1.165, 1.54) is 18.3 Å². The van der Waals surface area contributed by atoms with Crippen LogP contribution in [0.1, 0.15) is 17.3 Å². The van der Waals surface area contributed by atoms with Gasteiger partial charge >= 0.3 is 0 Å². The van der Waals surface area contributed by atoms with Crippen molar-refractivity contribution in [1.82, 2.24) is 15.2 Å². The minimum atomic E-state index is -0.364. The van der Waals surface area contributed by atoms with E-state index < -0.39 is 0 Å². The second-order valence-electron chi connectivity index (χ2n) is 5.05. The highest BCUT2D eigenvalue weighted by atomic mass is 32.1. The van der Waals surface area contributed by atoms with Crippen molar-refractivity contribution in [2.45, 2.75) is 6.92 Å². The Kier molecular flexibility index (Phi) is 5.10. The average molecular weight is 354 g/mol. The van der Waals surface area contributed by atoms with Crippen molar-refractivity contribution in [1.29, 1.82) is 0 Å². The molecule has 0 spiro atoms. The van der Waals surface area contributed by atoms with Gasteiger partial charge in [0.05, 0.1) is 0 Å². The van der Waals surface area contributed by atoms with Gasteiger partial charge in [-0.1, -0.05) is 29.5 Å². The van der Waals surface area contributed by atoms with Gasteiger partial charge in [0.2, 0.25) is 5.13 Å². The summed E-state index contributed by atoms with van der Waals surface area (Å²) < 4.78 is 5.40. The predicted octanol–water partition coefficient (Wildman–Crippen LogP) is 2.82. The molecule has 1 aromatic carbocycles. The smallest absolute Gasteiger partial charge is 0.264 e. The first-order valence-corrected chi connectivity index (χ1v) is 8.22. The van der Waals surface area contributed by atoms with Gasteiger partial charge in [0.15, 0.2) is 17.4 Å². The first-order valence-electron chi connectivity index (χ1n) is 7.40. The van der Waals surface area contributed by atoms with Crippen LogP contribution in [-0.4, -0.2) is 33.5 Å². The van der Waals surface area contributed by atoms with E-state index in [2.05, 4.69) is 20.5 Å². The quantitative estimate of drug-likeness (QED) is 0.684. The number of carbonyl (C=O) groups excluding carboxylic acids is 2. The van der Waals surface area contributed by atoms with Crippen molar-refractivity contribution in [3.63, 3.8) is 0 Å². The minimum absolute atomic E-state index is 0.0641. The Labute approximate surface area is 147 Å². The minimum Gasteiger partial charge on any atom is -0.484 e. The third-order valence-corrected chi connectivity index (χ3v) is 4.03. The van der Waals surface area contributed by atoms with E-state index in [1.807, 2.05) is 18.2 Å². The molecule has 126 valence electrons. The maximum atomic E-state index is 12.0. The Hall–Kier alpha value is -3.13. The lowest BCUT2D eigenvalue weighted by Crippen LogP contribution is -2.20. The van der Waals surface area contributed by atoms with Crippen molar-refractivity contribution in [3.05, 3.63) is 54.2 Å². The van der Waals surface area contributed by atoms with Crippen LogP contribution in [0.3, 0.4) is 0 Å². The summed E-state index contributed by atoms with van der Waals surface area (Å²) in [6.07, 6.45) is 1.66. The largest absolute Gasteiger partial charge is 0.484 e. The molecule has 0 saturated heterocycles. The number of carbonyl (C=O) groups is 2. The molecule has 25 heavy (non-hydrogen) atoms. The van der Waals surface area contributed by atoms with Gasteiger partial charge < -0.3 is 4.74 Å². The zero-order chi connectivity index (χ0) is 17.6. The zero-order valence-electron chi connectivity index (χ0n) is 13.3. The van der Waals surface area contributed by atoms with Gasteiger partial charge in [-0.2, -0.15) is 0 Å². The molecule has 0 atom stereocenters. The number of nitrogens with zero attached hydrogens (tertiary/aromatic N) is 3. The van der Waals surface area contributed by atoms with Crippen molar-refractivity contribution in [2.75, 3.05) is 11.9 Å². The van der Waals surface area contributed by atoms with Crippen molar-refractivity contribution in [2.24, 2.45) is 0 Å². The van der Waals surface area contributed by atoms with E-state index in [1.54, 1.807) is 30.5 Å². The average Bonchev–Trinajstić information content (AvgIpc) is 3.09. The second kappa shape index (κ2) is 7.63. The summed E-state index contributed by atoms with van der Waals surface area (Å²) in [5.41, 5.74) is 1.22. The number of ketones is 1. The first-order chi connectivity index (χ1) is 12.1. The summed E-state index contributed by atoms with van der Waals surface area (Å²) in [4.78, 5) is 27.5. The number of pyridine rings is 1. The van der Waals surface area contributed by atoms with E-state index >= 15 is 0 Å². The van der Waals surface area contributed by atoms with Crippen molar-refractivity contribution in [3.8, 4) is 16.5 Å². The zero-order valence-corrected chi connectivity index (χ0v) is 14.1. The van der Waals surface area contributed by atoms with Crippen LogP contribution in [0.2, 0.25) is 0 Å². The van der Waals surface area contributed by atoms with E-state index in [4.69, 9.17) is 4.74 Å². The van der Waals surface area contributed by atoms with Gasteiger partial charge in [0.1, 0.15) is 11.4 Å². The summed E-state index contributed by atoms with van der Waals surface area (Å²) in [6.45, 7) is 1.28. The summed E-state index contributed by atoms with van der Waals surface area (Å²) >= 11 is 1.23. The van der Waals surface area contributed by atoms with Gasteiger partial charge in [-0.15, -0.1) is 10.2 Å². The Morgan fingerprint density at radius 3 is 2.80 bits per heavy atom. The van der Waals surface area contributed by atoms with E-state index in [0.29, 0.717) is 27.1 Å². The molecular weight excluding hydrogens is 340 g/mol. The van der Waals surface area contributed by atoms with E-state index in [9.17, 15) is 9.59 Å². The van der Waals surface area contributed by atoms with Crippen LogP contribution in [0.5, 0.6) is 5.75 Å². The van der Waals surface area contributed by atoms with Gasteiger partial charge in [0.25, 0.3) is 5.91 Å². The number of anilines is 1. The molecule has 0 bridgehead atoms.